The number of benzene rings is 2. The quantitative estimate of drug-likeness (QED) is 0.493. The molecule has 0 fully saturated rings. The van der Waals surface area contributed by atoms with E-state index in [2.05, 4.69) is 32.4 Å². The number of hydrogen-bond donors (Lipinski definition) is 1. The van der Waals surface area contributed by atoms with Crippen molar-refractivity contribution >= 4 is 0 Å². The molecule has 3 heterocycles. The molecule has 2 atom stereocenters. The van der Waals surface area contributed by atoms with Crippen LogP contribution < -0.4 is 5.76 Å². The Bertz CT molecular complexity index is 1260. The SMILES string of the molecule is Cc1nnc(C2Cc3ccccc3CN2CC(O)Cn2c(-c3ccccc3)noc2=O)o1. The minimum Gasteiger partial charge on any atom is -0.424 e. The Hall–Kier alpha value is -3.56. The summed E-state index contributed by atoms with van der Waals surface area (Å²) in [6.07, 6.45) is -0.140. The van der Waals surface area contributed by atoms with E-state index in [4.69, 9.17) is 8.94 Å². The Kier molecular flexibility index (Phi) is 5.42. The van der Waals surface area contributed by atoms with Crippen LogP contribution in [0.2, 0.25) is 0 Å². The smallest absolute Gasteiger partial charge is 0.424 e. The van der Waals surface area contributed by atoms with Crippen molar-refractivity contribution in [2.24, 2.45) is 0 Å². The third-order valence-corrected chi connectivity index (χ3v) is 5.73. The number of aliphatic hydroxyl groups is 1. The first-order valence-electron chi connectivity index (χ1n) is 10.5. The van der Waals surface area contributed by atoms with E-state index in [1.54, 1.807) is 6.92 Å². The second kappa shape index (κ2) is 8.52. The number of aryl methyl sites for hydroxylation is 1. The fourth-order valence-corrected chi connectivity index (χ4v) is 4.22. The van der Waals surface area contributed by atoms with Crippen molar-refractivity contribution in [1.82, 2.24) is 24.8 Å². The summed E-state index contributed by atoms with van der Waals surface area (Å²) in [7, 11) is 0. The molecule has 9 heteroatoms. The predicted molar refractivity (Wildman–Crippen MR) is 115 cm³/mol. The van der Waals surface area contributed by atoms with Gasteiger partial charge in [-0.15, -0.1) is 10.2 Å². The molecule has 2 unspecified atom stereocenters. The van der Waals surface area contributed by atoms with Crippen molar-refractivity contribution in [1.29, 1.82) is 0 Å². The molecule has 32 heavy (non-hydrogen) atoms. The van der Waals surface area contributed by atoms with Gasteiger partial charge in [0.1, 0.15) is 0 Å². The summed E-state index contributed by atoms with van der Waals surface area (Å²) in [5, 5.41) is 23.0. The summed E-state index contributed by atoms with van der Waals surface area (Å²) < 4.78 is 12.0. The van der Waals surface area contributed by atoms with Crippen molar-refractivity contribution < 1.29 is 14.0 Å². The lowest BCUT2D eigenvalue weighted by molar-refractivity contribution is 0.0553. The van der Waals surface area contributed by atoms with E-state index in [1.165, 1.54) is 15.7 Å². The molecule has 164 valence electrons. The fourth-order valence-electron chi connectivity index (χ4n) is 4.22. The maximum absolute atomic E-state index is 12.3. The molecule has 0 aliphatic carbocycles. The first kappa shape index (κ1) is 20.3. The van der Waals surface area contributed by atoms with Crippen molar-refractivity contribution in [3.05, 3.63) is 88.1 Å². The van der Waals surface area contributed by atoms with Crippen LogP contribution in [-0.4, -0.2) is 42.6 Å². The molecule has 1 N–H and O–H groups in total. The van der Waals surface area contributed by atoms with Crippen LogP contribution in [0, 0.1) is 6.92 Å². The zero-order chi connectivity index (χ0) is 22.1. The van der Waals surface area contributed by atoms with Gasteiger partial charge in [0.2, 0.25) is 11.8 Å². The van der Waals surface area contributed by atoms with Crippen LogP contribution in [0.4, 0.5) is 0 Å². The maximum atomic E-state index is 12.3. The second-order valence-corrected chi connectivity index (χ2v) is 7.98. The van der Waals surface area contributed by atoms with Crippen LogP contribution in [0.1, 0.15) is 29.0 Å². The van der Waals surface area contributed by atoms with Gasteiger partial charge in [-0.2, -0.15) is 0 Å². The lowest BCUT2D eigenvalue weighted by Gasteiger charge is -2.36. The number of nitrogens with zero attached hydrogens (tertiary/aromatic N) is 5. The van der Waals surface area contributed by atoms with Crippen LogP contribution >= 0.6 is 0 Å². The first-order chi connectivity index (χ1) is 15.6. The standard InChI is InChI=1S/C23H23N5O4/c1-15-24-25-22(31-15)20-11-17-9-5-6-10-18(17)12-27(20)13-19(29)14-28-21(26-32-23(28)30)16-7-3-2-4-8-16/h2-10,19-20,29H,11-14H2,1H3. The van der Waals surface area contributed by atoms with E-state index in [9.17, 15) is 9.90 Å². The fraction of sp³-hybridized carbons (Fsp3) is 0.304. The molecular formula is C23H23N5O4. The predicted octanol–water partition coefficient (Wildman–Crippen LogP) is 2.36. The van der Waals surface area contributed by atoms with Crippen molar-refractivity contribution in [3.63, 3.8) is 0 Å². The van der Waals surface area contributed by atoms with E-state index >= 15 is 0 Å². The average molecular weight is 433 g/mol. The van der Waals surface area contributed by atoms with Gasteiger partial charge < -0.3 is 9.52 Å². The second-order valence-electron chi connectivity index (χ2n) is 7.98. The highest BCUT2D eigenvalue weighted by atomic mass is 16.5. The molecule has 0 saturated carbocycles. The Morgan fingerprint density at radius 3 is 2.56 bits per heavy atom. The van der Waals surface area contributed by atoms with Gasteiger partial charge in [0.25, 0.3) is 0 Å². The molecule has 0 radical (unpaired) electrons. The molecule has 1 aliphatic rings. The van der Waals surface area contributed by atoms with Gasteiger partial charge in [-0.1, -0.05) is 59.8 Å². The highest BCUT2D eigenvalue weighted by molar-refractivity contribution is 5.54. The van der Waals surface area contributed by atoms with E-state index in [-0.39, 0.29) is 12.6 Å². The zero-order valence-electron chi connectivity index (χ0n) is 17.6. The molecule has 9 nitrogen and oxygen atoms in total. The highest BCUT2D eigenvalue weighted by Gasteiger charge is 2.32. The number of β-amino-alcohol motifs (C(OH)–C–C–N with tert-alkyl or cyclic N) is 1. The van der Waals surface area contributed by atoms with E-state index in [0.717, 1.165) is 5.56 Å². The molecule has 2 aromatic carbocycles. The van der Waals surface area contributed by atoms with Crippen LogP contribution in [0.3, 0.4) is 0 Å². The molecule has 0 bridgehead atoms. The largest absolute Gasteiger partial charge is 0.441 e. The molecule has 0 saturated heterocycles. The topological polar surface area (TPSA) is 110 Å². The number of rotatable bonds is 6. The maximum Gasteiger partial charge on any atom is 0.441 e. The lowest BCUT2D eigenvalue weighted by Crippen LogP contribution is -2.41. The van der Waals surface area contributed by atoms with E-state index in [1.807, 2.05) is 42.5 Å². The van der Waals surface area contributed by atoms with Crippen LogP contribution in [0.25, 0.3) is 11.4 Å². The summed E-state index contributed by atoms with van der Waals surface area (Å²) in [5.41, 5.74) is 3.16. The van der Waals surface area contributed by atoms with Crippen LogP contribution in [-0.2, 0) is 19.5 Å². The third-order valence-electron chi connectivity index (χ3n) is 5.73. The molecule has 1 aliphatic heterocycles. The van der Waals surface area contributed by atoms with E-state index < -0.39 is 11.9 Å². The molecule has 2 aromatic heterocycles. The van der Waals surface area contributed by atoms with Crippen molar-refractivity contribution in [2.75, 3.05) is 6.54 Å². The summed E-state index contributed by atoms with van der Waals surface area (Å²) in [4.78, 5) is 14.4. The molecule has 4 aromatic rings. The summed E-state index contributed by atoms with van der Waals surface area (Å²) in [6, 6.07) is 17.3. The summed E-state index contributed by atoms with van der Waals surface area (Å²) in [5.74, 6) is 0.817. The van der Waals surface area contributed by atoms with Gasteiger partial charge in [-0.3, -0.25) is 14.0 Å². The molecule has 0 spiro atoms. The Morgan fingerprint density at radius 1 is 1.06 bits per heavy atom. The number of fused-ring (bicyclic) bond motifs is 1. The monoisotopic (exact) mass is 433 g/mol. The molecule has 0 amide bonds. The Balaban J connectivity index is 1.39. The Labute approximate surface area is 183 Å². The number of aliphatic hydroxyl groups excluding tert-OH is 1. The normalized spacial score (nSPS) is 17.2. The minimum atomic E-state index is -0.841. The first-order valence-corrected chi connectivity index (χ1v) is 10.5. The summed E-state index contributed by atoms with van der Waals surface area (Å²) in [6.45, 7) is 2.76. The van der Waals surface area contributed by atoms with Crippen molar-refractivity contribution in [3.8, 4) is 11.4 Å². The number of aromatic nitrogens is 4. The lowest BCUT2D eigenvalue weighted by atomic mass is 9.93. The number of hydrogen-bond acceptors (Lipinski definition) is 8. The average Bonchev–Trinajstić information content (AvgIpc) is 3.39. The van der Waals surface area contributed by atoms with Gasteiger partial charge in [-0.25, -0.2) is 4.79 Å². The minimum absolute atomic E-state index is 0.0558. The van der Waals surface area contributed by atoms with Gasteiger partial charge in [0, 0.05) is 25.6 Å². The summed E-state index contributed by atoms with van der Waals surface area (Å²) >= 11 is 0. The van der Waals surface area contributed by atoms with Gasteiger partial charge in [-0.05, 0) is 17.5 Å². The van der Waals surface area contributed by atoms with Crippen LogP contribution in [0.15, 0.2) is 68.3 Å². The van der Waals surface area contributed by atoms with Crippen LogP contribution in [0.5, 0.6) is 0 Å². The van der Waals surface area contributed by atoms with Gasteiger partial charge in [0.15, 0.2) is 5.82 Å². The molecule has 5 rings (SSSR count). The van der Waals surface area contributed by atoms with Crippen molar-refractivity contribution in [2.45, 2.75) is 38.6 Å². The Morgan fingerprint density at radius 2 is 1.81 bits per heavy atom. The molecular weight excluding hydrogens is 410 g/mol. The van der Waals surface area contributed by atoms with Gasteiger partial charge in [0.05, 0.1) is 18.7 Å². The third kappa shape index (κ3) is 4.00. The zero-order valence-corrected chi connectivity index (χ0v) is 17.6. The van der Waals surface area contributed by atoms with E-state index in [0.29, 0.717) is 37.1 Å². The highest BCUT2D eigenvalue weighted by Crippen LogP contribution is 2.32. The van der Waals surface area contributed by atoms with Gasteiger partial charge >= 0.3 is 5.76 Å².